The van der Waals surface area contributed by atoms with Gasteiger partial charge in [0.2, 0.25) is 5.91 Å². The Kier molecular flexibility index (Phi) is 6.10. The number of phenolic OH excluding ortho intramolecular Hbond substituents is 1. The van der Waals surface area contributed by atoms with Gasteiger partial charge in [-0.3, -0.25) is 4.79 Å². The summed E-state index contributed by atoms with van der Waals surface area (Å²) in [7, 11) is 4.05. The molecule has 4 heteroatoms. The summed E-state index contributed by atoms with van der Waals surface area (Å²) in [6.07, 6.45) is 2.80. The summed E-state index contributed by atoms with van der Waals surface area (Å²) in [5.74, 6) is 0.516. The molecule has 150 valence electrons. The molecule has 1 N–H and O–H groups in total. The summed E-state index contributed by atoms with van der Waals surface area (Å²) in [5.41, 5.74) is 3.37. The number of benzene rings is 1. The van der Waals surface area contributed by atoms with Gasteiger partial charge in [0.1, 0.15) is 5.75 Å². The van der Waals surface area contributed by atoms with Gasteiger partial charge >= 0.3 is 0 Å². The fraction of sp³-hybridized carbons (Fsp3) is 0.609. The minimum Gasteiger partial charge on any atom is -0.507 e. The van der Waals surface area contributed by atoms with Crippen LogP contribution in [0.4, 0.5) is 0 Å². The summed E-state index contributed by atoms with van der Waals surface area (Å²) >= 11 is 0. The molecule has 1 aliphatic heterocycles. The first-order chi connectivity index (χ1) is 12.3. The molecule has 4 nitrogen and oxygen atoms in total. The lowest BCUT2D eigenvalue weighted by atomic mass is 9.78. The standard InChI is InChI=1S/C23H36N2O2/c1-22(2,3)18-14-16(15-19(20(18)26)23(4,5)6)13-17-9-10-25(21(17)27)12-11-24(7)8/h13-15,26H,9-12H2,1-8H3/b17-13-. The quantitative estimate of drug-likeness (QED) is 0.807. The predicted octanol–water partition coefficient (Wildman–Crippen LogP) is 4.16. The second kappa shape index (κ2) is 7.67. The van der Waals surface area contributed by atoms with Gasteiger partial charge in [0.15, 0.2) is 0 Å². The van der Waals surface area contributed by atoms with Crippen molar-refractivity contribution in [3.63, 3.8) is 0 Å². The van der Waals surface area contributed by atoms with Gasteiger partial charge in [-0.25, -0.2) is 0 Å². The minimum atomic E-state index is -0.171. The lowest BCUT2D eigenvalue weighted by molar-refractivity contribution is -0.124. The molecule has 1 aliphatic rings. The zero-order valence-electron chi connectivity index (χ0n) is 18.3. The summed E-state index contributed by atoms with van der Waals surface area (Å²) in [5, 5.41) is 10.9. The van der Waals surface area contributed by atoms with E-state index in [9.17, 15) is 9.90 Å². The van der Waals surface area contributed by atoms with Crippen molar-refractivity contribution in [2.45, 2.75) is 58.8 Å². The molecule has 0 bridgehead atoms. The van der Waals surface area contributed by atoms with Gasteiger partial charge in [0.05, 0.1) is 0 Å². The largest absolute Gasteiger partial charge is 0.507 e. The van der Waals surface area contributed by atoms with E-state index in [0.717, 1.165) is 48.3 Å². The van der Waals surface area contributed by atoms with Crippen LogP contribution < -0.4 is 0 Å². The van der Waals surface area contributed by atoms with Crippen molar-refractivity contribution in [2.24, 2.45) is 0 Å². The molecule has 1 heterocycles. The number of carbonyl (C=O) groups is 1. The van der Waals surface area contributed by atoms with Crippen LogP contribution in [0.3, 0.4) is 0 Å². The first-order valence-corrected chi connectivity index (χ1v) is 9.83. The second-order valence-corrected chi connectivity index (χ2v) is 9.98. The maximum absolute atomic E-state index is 12.7. The highest BCUT2D eigenvalue weighted by molar-refractivity contribution is 6.00. The van der Waals surface area contributed by atoms with E-state index in [1.54, 1.807) is 0 Å². The topological polar surface area (TPSA) is 43.8 Å². The summed E-state index contributed by atoms with van der Waals surface area (Å²) in [4.78, 5) is 16.8. The Hall–Kier alpha value is -1.81. The lowest BCUT2D eigenvalue weighted by Crippen LogP contribution is -2.32. The number of hydrogen-bond acceptors (Lipinski definition) is 3. The van der Waals surface area contributed by atoms with Crippen molar-refractivity contribution >= 4 is 12.0 Å². The molecule has 0 saturated carbocycles. The lowest BCUT2D eigenvalue weighted by Gasteiger charge is -2.28. The summed E-state index contributed by atoms with van der Waals surface area (Å²) < 4.78 is 0. The highest BCUT2D eigenvalue weighted by Gasteiger charge is 2.28. The number of phenols is 1. The molecule has 1 aromatic carbocycles. The molecule has 0 aliphatic carbocycles. The van der Waals surface area contributed by atoms with Crippen molar-refractivity contribution in [3.05, 3.63) is 34.4 Å². The van der Waals surface area contributed by atoms with E-state index < -0.39 is 0 Å². The molecule has 1 saturated heterocycles. The van der Waals surface area contributed by atoms with Gasteiger partial charge in [-0.2, -0.15) is 0 Å². The monoisotopic (exact) mass is 372 g/mol. The van der Waals surface area contributed by atoms with Crippen LogP contribution in [-0.4, -0.2) is 54.5 Å². The number of carbonyl (C=O) groups excluding carboxylic acids is 1. The van der Waals surface area contributed by atoms with Gasteiger partial charge in [-0.15, -0.1) is 0 Å². The van der Waals surface area contributed by atoms with E-state index in [4.69, 9.17) is 0 Å². The Balaban J connectivity index is 2.41. The van der Waals surface area contributed by atoms with Gasteiger partial charge in [-0.1, -0.05) is 41.5 Å². The number of nitrogens with zero attached hydrogens (tertiary/aromatic N) is 2. The SMILES string of the molecule is CN(C)CCN1CC/C(=C/c2cc(C(C)(C)C)c(O)c(C(C)(C)C)c2)C1=O. The molecular weight excluding hydrogens is 336 g/mol. The highest BCUT2D eigenvalue weighted by Crippen LogP contribution is 2.40. The molecule has 0 spiro atoms. The van der Waals surface area contributed by atoms with Crippen molar-refractivity contribution in [1.82, 2.24) is 9.80 Å². The van der Waals surface area contributed by atoms with Crippen LogP contribution in [0.15, 0.2) is 17.7 Å². The third-order valence-electron chi connectivity index (χ3n) is 5.12. The molecule has 1 aromatic rings. The third kappa shape index (κ3) is 5.13. The van der Waals surface area contributed by atoms with Crippen LogP contribution in [-0.2, 0) is 15.6 Å². The van der Waals surface area contributed by atoms with Crippen LogP contribution in [0.2, 0.25) is 0 Å². The number of aromatic hydroxyl groups is 1. The zero-order valence-corrected chi connectivity index (χ0v) is 18.3. The van der Waals surface area contributed by atoms with Crippen LogP contribution in [0.1, 0.15) is 64.7 Å². The third-order valence-corrected chi connectivity index (χ3v) is 5.12. The maximum Gasteiger partial charge on any atom is 0.249 e. The Labute approximate surface area is 164 Å². The number of hydrogen-bond donors (Lipinski definition) is 1. The Morgan fingerprint density at radius 1 is 1.07 bits per heavy atom. The fourth-order valence-electron chi connectivity index (χ4n) is 3.42. The van der Waals surface area contributed by atoms with E-state index in [2.05, 4.69) is 46.4 Å². The number of rotatable bonds is 4. The van der Waals surface area contributed by atoms with E-state index >= 15 is 0 Å². The molecule has 0 atom stereocenters. The van der Waals surface area contributed by atoms with Gasteiger partial charge < -0.3 is 14.9 Å². The number of likely N-dealkylation sites (N-methyl/N-ethyl adjacent to an activating group) is 1. The molecule has 0 radical (unpaired) electrons. The second-order valence-electron chi connectivity index (χ2n) is 9.98. The average Bonchev–Trinajstić information content (AvgIpc) is 2.85. The average molecular weight is 373 g/mol. The normalized spacial score (nSPS) is 17.4. The first-order valence-electron chi connectivity index (χ1n) is 9.83. The molecule has 1 amide bonds. The molecule has 27 heavy (non-hydrogen) atoms. The zero-order chi connectivity index (χ0) is 20.6. The summed E-state index contributed by atoms with van der Waals surface area (Å²) in [6, 6.07) is 4.07. The van der Waals surface area contributed by atoms with Crippen molar-refractivity contribution < 1.29 is 9.90 Å². The van der Waals surface area contributed by atoms with Crippen LogP contribution in [0, 0.1) is 0 Å². The van der Waals surface area contributed by atoms with Crippen molar-refractivity contribution in [1.29, 1.82) is 0 Å². The van der Waals surface area contributed by atoms with E-state index in [-0.39, 0.29) is 16.7 Å². The van der Waals surface area contributed by atoms with Crippen LogP contribution >= 0.6 is 0 Å². The van der Waals surface area contributed by atoms with Gasteiger partial charge in [0, 0.05) is 36.3 Å². The number of amides is 1. The van der Waals surface area contributed by atoms with Gasteiger partial charge in [-0.05, 0) is 55.1 Å². The van der Waals surface area contributed by atoms with Crippen molar-refractivity contribution in [3.8, 4) is 5.75 Å². The molecule has 2 rings (SSSR count). The maximum atomic E-state index is 12.7. The highest BCUT2D eigenvalue weighted by atomic mass is 16.3. The molecule has 0 unspecified atom stereocenters. The Morgan fingerprint density at radius 3 is 2.04 bits per heavy atom. The fourth-order valence-corrected chi connectivity index (χ4v) is 3.42. The minimum absolute atomic E-state index is 0.138. The number of likely N-dealkylation sites (tertiary alicyclic amines) is 1. The predicted molar refractivity (Wildman–Crippen MR) is 113 cm³/mol. The van der Waals surface area contributed by atoms with Crippen molar-refractivity contribution in [2.75, 3.05) is 33.7 Å². The Bertz CT molecular complexity index is 699. The summed E-state index contributed by atoms with van der Waals surface area (Å²) in [6.45, 7) is 15.1. The molecule has 0 aromatic heterocycles. The van der Waals surface area contributed by atoms with E-state index in [1.807, 2.05) is 37.2 Å². The molecular formula is C23H36N2O2. The first kappa shape index (κ1) is 21.5. The van der Waals surface area contributed by atoms with E-state index in [0.29, 0.717) is 5.75 Å². The molecule has 1 fully saturated rings. The van der Waals surface area contributed by atoms with Gasteiger partial charge in [0.25, 0.3) is 0 Å². The van der Waals surface area contributed by atoms with Crippen LogP contribution in [0.25, 0.3) is 6.08 Å². The Morgan fingerprint density at radius 2 is 1.59 bits per heavy atom. The van der Waals surface area contributed by atoms with E-state index in [1.165, 1.54) is 0 Å². The van der Waals surface area contributed by atoms with Crippen LogP contribution in [0.5, 0.6) is 5.75 Å². The smallest absolute Gasteiger partial charge is 0.249 e.